The fraction of sp³-hybridized carbons (Fsp3) is 0.615. The van der Waals surface area contributed by atoms with E-state index in [2.05, 4.69) is 32.9 Å². The van der Waals surface area contributed by atoms with E-state index in [1.807, 2.05) is 6.92 Å². The smallest absolute Gasteiger partial charge is 0.303 e. The van der Waals surface area contributed by atoms with Crippen molar-refractivity contribution < 1.29 is 9.90 Å². The van der Waals surface area contributed by atoms with Gasteiger partial charge in [-0.25, -0.2) is 0 Å². The van der Waals surface area contributed by atoms with Crippen LogP contribution in [0.5, 0.6) is 0 Å². The first kappa shape index (κ1) is 13.9. The normalized spacial score (nSPS) is 13.5. The van der Waals surface area contributed by atoms with E-state index in [0.717, 1.165) is 12.8 Å². The van der Waals surface area contributed by atoms with E-state index in [0.29, 0.717) is 0 Å². The lowest BCUT2D eigenvalue weighted by Gasteiger charge is -2.05. The number of carboxylic acid groups (broad SMARTS) is 1. The lowest BCUT2D eigenvalue weighted by atomic mass is 10.0. The second kappa shape index (κ2) is 7.27. The predicted molar refractivity (Wildman–Crippen MR) is 63.8 cm³/mol. The molecule has 1 N–H and O–H groups in total. The average molecular weight is 210 g/mol. The van der Waals surface area contributed by atoms with Crippen LogP contribution < -0.4 is 0 Å². The molecular weight excluding hydrogens is 188 g/mol. The molecule has 0 aliphatic rings. The van der Waals surface area contributed by atoms with E-state index >= 15 is 0 Å². The van der Waals surface area contributed by atoms with Gasteiger partial charge >= 0.3 is 5.97 Å². The summed E-state index contributed by atoms with van der Waals surface area (Å²) in [6.45, 7) is 8.19. The van der Waals surface area contributed by atoms with Gasteiger partial charge in [0.15, 0.2) is 0 Å². The molecule has 2 nitrogen and oxygen atoms in total. The summed E-state index contributed by atoms with van der Waals surface area (Å²) in [5.41, 5.74) is 2.61. The van der Waals surface area contributed by atoms with Crippen molar-refractivity contribution in [2.24, 2.45) is 5.92 Å². The highest BCUT2D eigenvalue weighted by molar-refractivity contribution is 5.67. The van der Waals surface area contributed by atoms with E-state index < -0.39 is 5.97 Å². The molecule has 0 aromatic carbocycles. The molecule has 0 saturated carbocycles. The van der Waals surface area contributed by atoms with Crippen molar-refractivity contribution in [1.82, 2.24) is 0 Å². The van der Waals surface area contributed by atoms with Crippen LogP contribution in [0.2, 0.25) is 0 Å². The number of aliphatic carboxylic acids is 1. The molecule has 0 aliphatic heterocycles. The summed E-state index contributed by atoms with van der Waals surface area (Å²) >= 11 is 0. The monoisotopic (exact) mass is 210 g/mol. The minimum absolute atomic E-state index is 0.134. The molecule has 0 aromatic heterocycles. The van der Waals surface area contributed by atoms with Gasteiger partial charge in [-0.15, -0.1) is 0 Å². The van der Waals surface area contributed by atoms with Crippen LogP contribution in [0.25, 0.3) is 0 Å². The zero-order valence-corrected chi connectivity index (χ0v) is 10.2. The van der Waals surface area contributed by atoms with Crippen molar-refractivity contribution in [1.29, 1.82) is 0 Å². The Kier molecular flexibility index (Phi) is 6.76. The van der Waals surface area contributed by atoms with Crippen molar-refractivity contribution in [3.8, 4) is 0 Å². The molecule has 0 bridgehead atoms. The first-order valence-electron chi connectivity index (χ1n) is 5.44. The fourth-order valence-corrected chi connectivity index (χ4v) is 1.49. The van der Waals surface area contributed by atoms with Gasteiger partial charge in [-0.1, -0.05) is 30.2 Å². The van der Waals surface area contributed by atoms with Crippen molar-refractivity contribution >= 4 is 5.97 Å². The molecule has 0 amide bonds. The van der Waals surface area contributed by atoms with E-state index in [9.17, 15) is 4.79 Å². The third-order valence-corrected chi connectivity index (χ3v) is 2.16. The number of carbonyl (C=O) groups is 1. The molecule has 0 rings (SSSR count). The lowest BCUT2D eigenvalue weighted by molar-refractivity contribution is -0.137. The van der Waals surface area contributed by atoms with Gasteiger partial charge in [-0.05, 0) is 39.5 Å². The van der Waals surface area contributed by atoms with Gasteiger partial charge in [0.2, 0.25) is 0 Å². The van der Waals surface area contributed by atoms with Crippen molar-refractivity contribution in [3.63, 3.8) is 0 Å². The molecule has 0 radical (unpaired) electrons. The number of allylic oxidation sites excluding steroid dienone is 4. The summed E-state index contributed by atoms with van der Waals surface area (Å²) < 4.78 is 0. The Labute approximate surface area is 92.7 Å². The van der Waals surface area contributed by atoms with Gasteiger partial charge in [0.25, 0.3) is 0 Å². The fourth-order valence-electron chi connectivity index (χ4n) is 1.49. The number of rotatable bonds is 6. The van der Waals surface area contributed by atoms with Crippen LogP contribution in [-0.4, -0.2) is 11.1 Å². The molecule has 0 aromatic rings. The van der Waals surface area contributed by atoms with Gasteiger partial charge in [0, 0.05) is 0 Å². The van der Waals surface area contributed by atoms with Gasteiger partial charge in [-0.3, -0.25) is 4.79 Å². The molecule has 0 aliphatic carbocycles. The Morgan fingerprint density at radius 3 is 2.40 bits per heavy atom. The van der Waals surface area contributed by atoms with Gasteiger partial charge in [-0.2, -0.15) is 0 Å². The Bertz CT molecular complexity index is 258. The highest BCUT2D eigenvalue weighted by Crippen LogP contribution is 2.12. The van der Waals surface area contributed by atoms with Crippen molar-refractivity contribution in [2.75, 3.05) is 0 Å². The lowest BCUT2D eigenvalue weighted by Crippen LogP contribution is -2.01. The molecule has 0 fully saturated rings. The van der Waals surface area contributed by atoms with E-state index in [-0.39, 0.29) is 12.3 Å². The summed E-state index contributed by atoms with van der Waals surface area (Å²) in [7, 11) is 0. The number of carboxylic acids is 1. The quantitative estimate of drug-likeness (QED) is 0.677. The molecule has 0 saturated heterocycles. The van der Waals surface area contributed by atoms with E-state index in [1.165, 1.54) is 11.1 Å². The molecule has 1 unspecified atom stereocenters. The molecule has 0 heterocycles. The van der Waals surface area contributed by atoms with Gasteiger partial charge < -0.3 is 5.11 Å². The molecule has 0 spiro atoms. The van der Waals surface area contributed by atoms with Crippen LogP contribution in [0.15, 0.2) is 23.3 Å². The van der Waals surface area contributed by atoms with E-state index in [4.69, 9.17) is 5.11 Å². The number of hydrogen-bond donors (Lipinski definition) is 1. The highest BCUT2D eigenvalue weighted by atomic mass is 16.4. The van der Waals surface area contributed by atoms with Crippen LogP contribution in [0.3, 0.4) is 0 Å². The van der Waals surface area contributed by atoms with Crippen LogP contribution in [0.4, 0.5) is 0 Å². The zero-order chi connectivity index (χ0) is 11.8. The minimum atomic E-state index is -0.726. The minimum Gasteiger partial charge on any atom is -0.481 e. The standard InChI is InChI=1S/C13H22O2/c1-10(2)6-5-7-11(3)8-12(4)9-13(14)15/h6,8,12H,5,7,9H2,1-4H3,(H,14,15). The summed E-state index contributed by atoms with van der Waals surface area (Å²) in [5.74, 6) is -0.593. The largest absolute Gasteiger partial charge is 0.481 e. The summed E-state index contributed by atoms with van der Waals surface area (Å²) in [6.07, 6.45) is 6.56. The van der Waals surface area contributed by atoms with E-state index in [1.54, 1.807) is 0 Å². The maximum absolute atomic E-state index is 10.5. The summed E-state index contributed by atoms with van der Waals surface area (Å²) in [6, 6.07) is 0. The zero-order valence-electron chi connectivity index (χ0n) is 10.2. The summed E-state index contributed by atoms with van der Waals surface area (Å²) in [4.78, 5) is 10.5. The summed E-state index contributed by atoms with van der Waals surface area (Å²) in [5, 5.41) is 8.61. The molecule has 2 heteroatoms. The average Bonchev–Trinajstić information content (AvgIpc) is 2.00. The molecule has 86 valence electrons. The predicted octanol–water partition coefficient (Wildman–Crippen LogP) is 3.79. The maximum atomic E-state index is 10.5. The maximum Gasteiger partial charge on any atom is 0.303 e. The van der Waals surface area contributed by atoms with Crippen LogP contribution >= 0.6 is 0 Å². The van der Waals surface area contributed by atoms with Crippen molar-refractivity contribution in [2.45, 2.75) is 47.0 Å². The van der Waals surface area contributed by atoms with Gasteiger partial charge in [0.05, 0.1) is 6.42 Å². The third kappa shape index (κ3) is 9.26. The van der Waals surface area contributed by atoms with Gasteiger partial charge in [0.1, 0.15) is 0 Å². The van der Waals surface area contributed by atoms with Crippen LogP contribution in [-0.2, 0) is 4.79 Å². The SMILES string of the molecule is CC(C)=CCCC(C)=CC(C)CC(=O)O. The Morgan fingerprint density at radius 1 is 1.33 bits per heavy atom. The Morgan fingerprint density at radius 2 is 1.93 bits per heavy atom. The third-order valence-electron chi connectivity index (χ3n) is 2.16. The first-order valence-corrected chi connectivity index (χ1v) is 5.44. The number of hydrogen-bond acceptors (Lipinski definition) is 1. The van der Waals surface area contributed by atoms with Crippen LogP contribution in [0, 0.1) is 5.92 Å². The Hall–Kier alpha value is -1.05. The topological polar surface area (TPSA) is 37.3 Å². The molecule has 15 heavy (non-hydrogen) atoms. The van der Waals surface area contributed by atoms with Crippen molar-refractivity contribution in [3.05, 3.63) is 23.3 Å². The Balaban J connectivity index is 3.97. The van der Waals surface area contributed by atoms with Crippen LogP contribution in [0.1, 0.15) is 47.0 Å². The molecule has 1 atom stereocenters. The second-order valence-corrected chi connectivity index (χ2v) is 4.41. The second-order valence-electron chi connectivity index (χ2n) is 4.41. The first-order chi connectivity index (χ1) is 6.91. The highest BCUT2D eigenvalue weighted by Gasteiger charge is 2.04. The molecular formula is C13H22O2.